The predicted octanol–water partition coefficient (Wildman–Crippen LogP) is 3.12. The Balaban J connectivity index is 1.96. The number of carbonyl (C=O) groups excluding carboxylic acids is 1. The van der Waals surface area contributed by atoms with Gasteiger partial charge < -0.3 is 25.4 Å². The van der Waals surface area contributed by atoms with Gasteiger partial charge in [-0.3, -0.25) is 4.79 Å². The van der Waals surface area contributed by atoms with Gasteiger partial charge in [-0.25, -0.2) is 0 Å². The highest BCUT2D eigenvalue weighted by molar-refractivity contribution is 6.31. The molecule has 0 saturated carbocycles. The molecule has 3 N–H and O–H groups in total. The van der Waals surface area contributed by atoms with E-state index in [9.17, 15) is 4.79 Å². The number of hydrogen-bond donors (Lipinski definition) is 3. The lowest BCUT2D eigenvalue weighted by Gasteiger charge is -2.23. The smallest absolute Gasteiger partial charge is 0.258 e. The van der Waals surface area contributed by atoms with Crippen LogP contribution in [-0.4, -0.2) is 44.3 Å². The minimum Gasteiger partial charge on any atom is -0.490 e. The molecular weight excluding hydrogens is 378 g/mol. The quantitative estimate of drug-likeness (QED) is 0.582. The second kappa shape index (κ2) is 10.9. The number of ether oxygens (including phenoxy) is 2. The number of halogens is 1. The summed E-state index contributed by atoms with van der Waals surface area (Å²) in [6.07, 6.45) is 2.41. The Kier molecular flexibility index (Phi) is 8.86. The van der Waals surface area contributed by atoms with E-state index in [0.29, 0.717) is 35.6 Å². The van der Waals surface area contributed by atoms with E-state index in [-0.39, 0.29) is 18.1 Å². The van der Waals surface area contributed by atoms with Crippen LogP contribution in [0, 0.1) is 5.92 Å². The zero-order valence-electron chi connectivity index (χ0n) is 17.5. The first-order valence-electron chi connectivity index (χ1n) is 10.1. The molecular formula is C21H34ClN3O3. The average Bonchev–Trinajstić information content (AvgIpc) is 2.62. The van der Waals surface area contributed by atoms with E-state index >= 15 is 0 Å². The largest absolute Gasteiger partial charge is 0.490 e. The van der Waals surface area contributed by atoms with Crippen molar-refractivity contribution in [2.24, 2.45) is 5.92 Å². The van der Waals surface area contributed by atoms with Crippen molar-refractivity contribution in [3.8, 4) is 11.5 Å². The average molecular weight is 412 g/mol. The summed E-state index contributed by atoms with van der Waals surface area (Å²) >= 11 is 6.46. The summed E-state index contributed by atoms with van der Waals surface area (Å²) in [5.41, 5.74) is 0.663. The summed E-state index contributed by atoms with van der Waals surface area (Å²) < 4.78 is 11.4. The fourth-order valence-electron chi connectivity index (χ4n) is 3.19. The molecule has 0 radical (unpaired) electrons. The molecule has 28 heavy (non-hydrogen) atoms. The SMILES string of the molecule is CCOc1cc(CNCC2CCNCC2)c(Cl)cc1OCC(=O)NC(C)(C)C. The number of nitrogens with one attached hydrogen (secondary N) is 3. The molecule has 158 valence electrons. The summed E-state index contributed by atoms with van der Waals surface area (Å²) in [7, 11) is 0. The molecule has 1 amide bonds. The third-order valence-corrected chi connectivity index (χ3v) is 4.84. The molecule has 2 rings (SSSR count). The monoisotopic (exact) mass is 411 g/mol. The maximum atomic E-state index is 12.0. The van der Waals surface area contributed by atoms with Gasteiger partial charge in [0.15, 0.2) is 18.1 Å². The molecule has 0 spiro atoms. The van der Waals surface area contributed by atoms with Gasteiger partial charge in [0.2, 0.25) is 0 Å². The molecule has 1 saturated heterocycles. The van der Waals surface area contributed by atoms with Crippen LogP contribution in [0.15, 0.2) is 12.1 Å². The van der Waals surface area contributed by atoms with Crippen LogP contribution in [0.1, 0.15) is 46.1 Å². The van der Waals surface area contributed by atoms with E-state index in [0.717, 1.165) is 25.2 Å². The predicted molar refractivity (Wildman–Crippen MR) is 113 cm³/mol. The number of rotatable bonds is 9. The third kappa shape index (κ3) is 7.86. The van der Waals surface area contributed by atoms with Crippen LogP contribution < -0.4 is 25.4 Å². The summed E-state index contributed by atoms with van der Waals surface area (Å²) in [4.78, 5) is 12.0. The Morgan fingerprint density at radius 1 is 1.21 bits per heavy atom. The summed E-state index contributed by atoms with van der Waals surface area (Å²) in [6.45, 7) is 12.0. The molecule has 0 aliphatic carbocycles. The zero-order chi connectivity index (χ0) is 20.6. The van der Waals surface area contributed by atoms with Crippen molar-refractivity contribution in [1.82, 2.24) is 16.0 Å². The number of amides is 1. The van der Waals surface area contributed by atoms with Crippen molar-refractivity contribution in [2.45, 2.75) is 52.6 Å². The van der Waals surface area contributed by atoms with E-state index in [2.05, 4.69) is 16.0 Å². The minimum absolute atomic E-state index is 0.0824. The van der Waals surface area contributed by atoms with Gasteiger partial charge in [-0.15, -0.1) is 0 Å². The van der Waals surface area contributed by atoms with Crippen molar-refractivity contribution in [3.05, 3.63) is 22.7 Å². The molecule has 1 aromatic carbocycles. The lowest BCUT2D eigenvalue weighted by Crippen LogP contribution is -2.43. The van der Waals surface area contributed by atoms with E-state index in [1.165, 1.54) is 12.8 Å². The Morgan fingerprint density at radius 2 is 1.89 bits per heavy atom. The van der Waals surface area contributed by atoms with E-state index in [4.69, 9.17) is 21.1 Å². The van der Waals surface area contributed by atoms with Gasteiger partial charge in [0.25, 0.3) is 5.91 Å². The molecule has 0 unspecified atom stereocenters. The van der Waals surface area contributed by atoms with Crippen molar-refractivity contribution in [1.29, 1.82) is 0 Å². The van der Waals surface area contributed by atoms with E-state index in [1.54, 1.807) is 6.07 Å². The summed E-state index contributed by atoms with van der Waals surface area (Å²) in [5, 5.41) is 10.4. The fraction of sp³-hybridized carbons (Fsp3) is 0.667. The number of benzene rings is 1. The summed E-state index contributed by atoms with van der Waals surface area (Å²) in [6, 6.07) is 3.64. The second-order valence-corrected chi connectivity index (χ2v) is 8.64. The molecule has 1 aromatic rings. The lowest BCUT2D eigenvalue weighted by atomic mass is 9.98. The molecule has 1 fully saturated rings. The maximum absolute atomic E-state index is 12.0. The number of hydrogen-bond acceptors (Lipinski definition) is 5. The number of piperidine rings is 1. The van der Waals surface area contributed by atoms with Crippen molar-refractivity contribution < 1.29 is 14.3 Å². The Morgan fingerprint density at radius 3 is 2.54 bits per heavy atom. The molecule has 1 aliphatic heterocycles. The van der Waals surface area contributed by atoms with Gasteiger partial charge in [-0.1, -0.05) is 11.6 Å². The molecule has 0 bridgehead atoms. The van der Waals surface area contributed by atoms with Crippen LogP contribution in [0.5, 0.6) is 11.5 Å². The van der Waals surface area contributed by atoms with E-state index < -0.39 is 0 Å². The molecule has 1 aliphatic rings. The van der Waals surface area contributed by atoms with Crippen molar-refractivity contribution in [3.63, 3.8) is 0 Å². The van der Waals surface area contributed by atoms with Crippen molar-refractivity contribution >= 4 is 17.5 Å². The Bertz CT molecular complexity index is 641. The van der Waals surface area contributed by atoms with Gasteiger partial charge in [0.05, 0.1) is 6.61 Å². The Labute approximate surface area is 173 Å². The highest BCUT2D eigenvalue weighted by Gasteiger charge is 2.17. The van der Waals surface area contributed by atoms with Crippen LogP contribution in [0.4, 0.5) is 0 Å². The molecule has 0 aromatic heterocycles. The van der Waals surface area contributed by atoms with Gasteiger partial charge in [0, 0.05) is 23.2 Å². The highest BCUT2D eigenvalue weighted by atomic mass is 35.5. The molecule has 6 nitrogen and oxygen atoms in total. The topological polar surface area (TPSA) is 71.6 Å². The fourth-order valence-corrected chi connectivity index (χ4v) is 3.41. The second-order valence-electron chi connectivity index (χ2n) is 8.23. The first-order valence-corrected chi connectivity index (χ1v) is 10.5. The van der Waals surface area contributed by atoms with Gasteiger partial charge in [-0.05, 0) is 77.7 Å². The normalized spacial score (nSPS) is 15.3. The third-order valence-electron chi connectivity index (χ3n) is 4.49. The first-order chi connectivity index (χ1) is 13.3. The van der Waals surface area contributed by atoms with Crippen LogP contribution in [0.2, 0.25) is 5.02 Å². The maximum Gasteiger partial charge on any atom is 0.258 e. The van der Waals surface area contributed by atoms with E-state index in [1.807, 2.05) is 33.8 Å². The van der Waals surface area contributed by atoms with Gasteiger partial charge >= 0.3 is 0 Å². The molecule has 0 atom stereocenters. The standard InChI is InChI=1S/C21H34ClN3O3/c1-5-27-18-10-16(13-24-12-15-6-8-23-9-7-15)17(22)11-19(18)28-14-20(26)25-21(2,3)4/h10-11,15,23-24H,5-9,12-14H2,1-4H3,(H,25,26). The van der Waals surface area contributed by atoms with Gasteiger partial charge in [-0.2, -0.15) is 0 Å². The van der Waals surface area contributed by atoms with Crippen LogP contribution in [0.25, 0.3) is 0 Å². The zero-order valence-corrected chi connectivity index (χ0v) is 18.2. The van der Waals surface area contributed by atoms with Gasteiger partial charge in [0.1, 0.15) is 0 Å². The number of carbonyl (C=O) groups is 1. The molecule has 1 heterocycles. The lowest BCUT2D eigenvalue weighted by molar-refractivity contribution is -0.124. The first kappa shape index (κ1) is 22.8. The summed E-state index contributed by atoms with van der Waals surface area (Å²) in [5.74, 6) is 1.61. The highest BCUT2D eigenvalue weighted by Crippen LogP contribution is 2.33. The van der Waals surface area contributed by atoms with Crippen LogP contribution in [0.3, 0.4) is 0 Å². The molecule has 7 heteroatoms. The van der Waals surface area contributed by atoms with Crippen LogP contribution in [-0.2, 0) is 11.3 Å². The minimum atomic E-state index is -0.301. The Hall–Kier alpha value is -1.50. The van der Waals surface area contributed by atoms with Crippen molar-refractivity contribution in [2.75, 3.05) is 32.8 Å². The van der Waals surface area contributed by atoms with Crippen LogP contribution >= 0.6 is 11.6 Å².